The topological polar surface area (TPSA) is 64.1 Å². The number of halogens is 2. The molecule has 0 aromatic heterocycles. The van der Waals surface area contributed by atoms with Crippen LogP contribution in [0.25, 0.3) is 0 Å². The Morgan fingerprint density at radius 2 is 1.89 bits per heavy atom. The minimum absolute atomic E-state index is 0. The summed E-state index contributed by atoms with van der Waals surface area (Å²) in [6.45, 7) is 1.51. The highest BCUT2D eigenvalue weighted by Gasteiger charge is 2.21. The summed E-state index contributed by atoms with van der Waals surface area (Å²) in [7, 11) is 3.32. The summed E-state index contributed by atoms with van der Waals surface area (Å²) in [5, 5.41) is 6.44. The third kappa shape index (κ3) is 5.96. The van der Waals surface area contributed by atoms with Gasteiger partial charge < -0.3 is 24.8 Å². The average Bonchev–Trinajstić information content (AvgIpc) is 2.71. The van der Waals surface area contributed by atoms with Crippen molar-refractivity contribution in [3.63, 3.8) is 0 Å². The first-order chi connectivity index (χ1) is 13.2. The Morgan fingerprint density at radius 3 is 2.57 bits per heavy atom. The number of nitrogens with zero attached hydrogens (tertiary/aromatic N) is 1. The number of fused-ring (bicyclic) bond motifs is 1. The summed E-state index contributed by atoms with van der Waals surface area (Å²) in [5.74, 6) is 1.87. The van der Waals surface area contributed by atoms with Gasteiger partial charge in [0, 0.05) is 20.7 Å². The first kappa shape index (κ1) is 22.2. The van der Waals surface area contributed by atoms with E-state index in [4.69, 9.17) is 14.2 Å². The van der Waals surface area contributed by atoms with Crippen LogP contribution in [0.15, 0.2) is 53.5 Å². The maximum Gasteiger partial charge on any atom is 0.191 e. The quantitative estimate of drug-likeness (QED) is 0.362. The van der Waals surface area contributed by atoms with Crippen LogP contribution in [0.1, 0.15) is 11.7 Å². The molecule has 0 aliphatic carbocycles. The number of nitrogens with one attached hydrogen (secondary N) is 2. The third-order valence-corrected chi connectivity index (χ3v) is 4.27. The van der Waals surface area contributed by atoms with E-state index < -0.39 is 0 Å². The molecule has 2 aromatic rings. The summed E-state index contributed by atoms with van der Waals surface area (Å²) in [6, 6.07) is 13.9. The normalized spacial score (nSPS) is 16.7. The molecule has 2 atom stereocenters. The van der Waals surface area contributed by atoms with Crippen molar-refractivity contribution in [1.29, 1.82) is 0 Å². The maximum absolute atomic E-state index is 13.1. The zero-order valence-corrected chi connectivity index (χ0v) is 18.2. The van der Waals surface area contributed by atoms with Crippen molar-refractivity contribution >= 4 is 29.9 Å². The highest BCUT2D eigenvalue weighted by atomic mass is 127. The number of rotatable bonds is 6. The van der Waals surface area contributed by atoms with E-state index in [1.165, 1.54) is 12.1 Å². The third-order valence-electron chi connectivity index (χ3n) is 4.27. The summed E-state index contributed by atoms with van der Waals surface area (Å²) >= 11 is 0. The molecule has 28 heavy (non-hydrogen) atoms. The molecule has 8 heteroatoms. The van der Waals surface area contributed by atoms with Gasteiger partial charge in [-0.3, -0.25) is 4.99 Å². The number of hydrogen-bond donors (Lipinski definition) is 2. The van der Waals surface area contributed by atoms with E-state index in [1.54, 1.807) is 26.3 Å². The molecule has 1 aliphatic rings. The fourth-order valence-corrected chi connectivity index (χ4v) is 2.80. The number of ether oxygens (including phenoxy) is 3. The first-order valence-corrected chi connectivity index (χ1v) is 8.81. The van der Waals surface area contributed by atoms with Crippen LogP contribution in [0.4, 0.5) is 4.39 Å². The predicted molar refractivity (Wildman–Crippen MR) is 117 cm³/mol. The van der Waals surface area contributed by atoms with E-state index in [0.717, 1.165) is 17.1 Å². The number of hydrogen-bond acceptors (Lipinski definition) is 4. The fraction of sp³-hybridized carbons (Fsp3) is 0.350. The molecule has 1 heterocycles. The Morgan fingerprint density at radius 1 is 1.18 bits per heavy atom. The second kappa shape index (κ2) is 11.1. The largest absolute Gasteiger partial charge is 0.486 e. The number of para-hydroxylation sites is 2. The van der Waals surface area contributed by atoms with Gasteiger partial charge in [0.05, 0.1) is 12.6 Å². The lowest BCUT2D eigenvalue weighted by Gasteiger charge is -2.27. The summed E-state index contributed by atoms with van der Waals surface area (Å²) in [4.78, 5) is 4.21. The minimum atomic E-state index is -0.268. The van der Waals surface area contributed by atoms with E-state index in [9.17, 15) is 4.39 Å². The van der Waals surface area contributed by atoms with Crippen LogP contribution in [0.3, 0.4) is 0 Å². The number of aliphatic imine (C=N–C) groups is 1. The van der Waals surface area contributed by atoms with Crippen molar-refractivity contribution in [2.75, 3.05) is 33.9 Å². The second-order valence-electron chi connectivity index (χ2n) is 6.11. The lowest BCUT2D eigenvalue weighted by molar-refractivity contribution is 0.0930. The summed E-state index contributed by atoms with van der Waals surface area (Å²) in [6.07, 6.45) is -0.334. The molecular weight excluding hydrogens is 476 g/mol. The molecule has 0 fully saturated rings. The molecule has 1 aliphatic heterocycles. The molecule has 2 aromatic carbocycles. The molecule has 2 unspecified atom stereocenters. The zero-order chi connectivity index (χ0) is 19.1. The summed E-state index contributed by atoms with van der Waals surface area (Å²) < 4.78 is 30.2. The molecule has 0 amide bonds. The molecule has 0 saturated carbocycles. The Balaban J connectivity index is 0.00000280. The molecule has 3 rings (SSSR count). The standard InChI is InChI=1S/C20H24FN3O3.HI/c1-22-20(24-12-19(25-2)14-7-9-15(21)10-8-14)23-11-16-13-26-17-5-3-4-6-18(17)27-16;/h3-10,16,19H,11-13H2,1-2H3,(H2,22,23,24);1H. The molecular formula is C20H25FIN3O3. The van der Waals surface area contributed by atoms with Gasteiger partial charge >= 0.3 is 0 Å². The SMILES string of the molecule is CN=C(NCC1COc2ccccc2O1)NCC(OC)c1ccc(F)cc1.I. The number of guanidine groups is 1. The van der Waals surface area contributed by atoms with Crippen molar-refractivity contribution < 1.29 is 18.6 Å². The molecule has 0 spiro atoms. The Hall–Kier alpha value is -2.07. The van der Waals surface area contributed by atoms with Crippen LogP contribution in [0, 0.1) is 5.82 Å². The lowest BCUT2D eigenvalue weighted by Crippen LogP contribution is -2.46. The monoisotopic (exact) mass is 501 g/mol. The van der Waals surface area contributed by atoms with Gasteiger partial charge in [-0.05, 0) is 29.8 Å². The smallest absolute Gasteiger partial charge is 0.191 e. The van der Waals surface area contributed by atoms with E-state index >= 15 is 0 Å². The van der Waals surface area contributed by atoms with Gasteiger partial charge in [-0.1, -0.05) is 24.3 Å². The molecule has 0 saturated heterocycles. The van der Waals surface area contributed by atoms with Crippen LogP contribution in [-0.2, 0) is 4.74 Å². The Kier molecular flexibility index (Phi) is 8.78. The van der Waals surface area contributed by atoms with E-state index in [-0.39, 0.29) is 42.0 Å². The summed E-state index contributed by atoms with van der Waals surface area (Å²) in [5.41, 5.74) is 0.891. The zero-order valence-electron chi connectivity index (χ0n) is 15.9. The van der Waals surface area contributed by atoms with Gasteiger partial charge in [-0.25, -0.2) is 4.39 Å². The highest BCUT2D eigenvalue weighted by Crippen LogP contribution is 2.30. The molecule has 152 valence electrons. The van der Waals surface area contributed by atoms with Crippen molar-refractivity contribution in [2.45, 2.75) is 12.2 Å². The van der Waals surface area contributed by atoms with E-state index in [1.807, 2.05) is 24.3 Å². The number of methoxy groups -OCH3 is 1. The number of benzene rings is 2. The van der Waals surface area contributed by atoms with Crippen LogP contribution in [0.2, 0.25) is 0 Å². The van der Waals surface area contributed by atoms with Gasteiger partial charge in [0.1, 0.15) is 18.5 Å². The van der Waals surface area contributed by atoms with Crippen molar-refractivity contribution in [3.8, 4) is 11.5 Å². The van der Waals surface area contributed by atoms with Crippen LogP contribution >= 0.6 is 24.0 Å². The van der Waals surface area contributed by atoms with Gasteiger partial charge in [0.2, 0.25) is 0 Å². The highest BCUT2D eigenvalue weighted by molar-refractivity contribution is 14.0. The van der Waals surface area contributed by atoms with Gasteiger partial charge in [0.15, 0.2) is 17.5 Å². The average molecular weight is 501 g/mol. The van der Waals surface area contributed by atoms with Crippen LogP contribution < -0.4 is 20.1 Å². The fourth-order valence-electron chi connectivity index (χ4n) is 2.80. The van der Waals surface area contributed by atoms with Crippen molar-refractivity contribution in [1.82, 2.24) is 10.6 Å². The van der Waals surface area contributed by atoms with Crippen LogP contribution in [0.5, 0.6) is 11.5 Å². The van der Waals surface area contributed by atoms with Crippen molar-refractivity contribution in [2.24, 2.45) is 4.99 Å². The van der Waals surface area contributed by atoms with Crippen LogP contribution in [-0.4, -0.2) is 45.9 Å². The van der Waals surface area contributed by atoms with E-state index in [2.05, 4.69) is 15.6 Å². The molecule has 0 radical (unpaired) electrons. The lowest BCUT2D eigenvalue weighted by atomic mass is 10.1. The predicted octanol–water partition coefficient (Wildman–Crippen LogP) is 3.14. The Labute approximate surface area is 181 Å². The minimum Gasteiger partial charge on any atom is -0.486 e. The second-order valence-corrected chi connectivity index (χ2v) is 6.11. The van der Waals surface area contributed by atoms with Gasteiger partial charge in [0.25, 0.3) is 0 Å². The molecule has 6 nitrogen and oxygen atoms in total. The van der Waals surface area contributed by atoms with E-state index in [0.29, 0.717) is 25.7 Å². The van der Waals surface area contributed by atoms with Gasteiger partial charge in [-0.2, -0.15) is 0 Å². The maximum atomic E-state index is 13.1. The first-order valence-electron chi connectivity index (χ1n) is 8.81. The van der Waals surface area contributed by atoms with Crippen molar-refractivity contribution in [3.05, 3.63) is 59.9 Å². The molecule has 2 N–H and O–H groups in total. The Bertz CT molecular complexity index is 774. The molecule has 0 bridgehead atoms. The van der Waals surface area contributed by atoms with Gasteiger partial charge in [-0.15, -0.1) is 24.0 Å².